The fraction of sp³-hybridized carbons (Fsp3) is 0. The standard InChI is InChI=1S/C12H9N3O4S/c13-20(18,19)9-3-1-2-7-6(9)4-5-8-10(7)14-12(16)11(8)15-17/h1-5,17H,(H2,13,18,19)(H,14,15,16). The fourth-order valence-electron chi connectivity index (χ4n) is 2.30. The number of nitrogens with one attached hydrogen (secondary N) is 1. The molecule has 7 nitrogen and oxygen atoms in total. The predicted molar refractivity (Wildman–Crippen MR) is 72.3 cm³/mol. The summed E-state index contributed by atoms with van der Waals surface area (Å²) in [6, 6.07) is 7.62. The van der Waals surface area contributed by atoms with Gasteiger partial charge in [0.2, 0.25) is 10.0 Å². The lowest BCUT2D eigenvalue weighted by Gasteiger charge is -2.08. The normalized spacial score (nSPS) is 16.4. The Balaban J connectivity index is 2.42. The van der Waals surface area contributed by atoms with E-state index in [1.54, 1.807) is 6.07 Å². The van der Waals surface area contributed by atoms with Crippen LogP contribution >= 0.6 is 0 Å². The topological polar surface area (TPSA) is 122 Å². The molecule has 0 aliphatic carbocycles. The summed E-state index contributed by atoms with van der Waals surface area (Å²) in [5.41, 5.74) is 0.713. The van der Waals surface area contributed by atoms with Gasteiger partial charge in [-0.2, -0.15) is 0 Å². The molecule has 0 spiro atoms. The van der Waals surface area contributed by atoms with Crippen LogP contribution in [0.1, 0.15) is 5.56 Å². The molecule has 0 atom stereocenters. The minimum atomic E-state index is -3.87. The summed E-state index contributed by atoms with van der Waals surface area (Å²) in [5.74, 6) is -0.545. The number of nitrogens with zero attached hydrogens (tertiary/aromatic N) is 1. The Hall–Kier alpha value is -2.45. The van der Waals surface area contributed by atoms with E-state index in [2.05, 4.69) is 10.5 Å². The van der Waals surface area contributed by atoms with Crippen molar-refractivity contribution < 1.29 is 18.4 Å². The molecule has 0 bridgehead atoms. The van der Waals surface area contributed by atoms with Gasteiger partial charge in [-0.3, -0.25) is 4.79 Å². The van der Waals surface area contributed by atoms with Crippen LogP contribution in [0.2, 0.25) is 0 Å². The molecule has 0 saturated heterocycles. The molecule has 1 aliphatic heterocycles. The average molecular weight is 291 g/mol. The Bertz CT molecular complexity index is 887. The molecule has 8 heteroatoms. The van der Waals surface area contributed by atoms with E-state index in [1.807, 2.05) is 0 Å². The molecule has 20 heavy (non-hydrogen) atoms. The molecule has 0 radical (unpaired) electrons. The van der Waals surface area contributed by atoms with Crippen LogP contribution in [0.5, 0.6) is 0 Å². The number of primary sulfonamides is 1. The number of nitrogens with two attached hydrogens (primary N) is 1. The van der Waals surface area contributed by atoms with Gasteiger partial charge in [0.1, 0.15) is 0 Å². The molecule has 1 amide bonds. The molecule has 1 heterocycles. The van der Waals surface area contributed by atoms with Crippen LogP contribution in [-0.4, -0.2) is 25.2 Å². The van der Waals surface area contributed by atoms with E-state index in [9.17, 15) is 13.2 Å². The van der Waals surface area contributed by atoms with Crippen molar-refractivity contribution in [3.8, 4) is 0 Å². The number of benzene rings is 2. The van der Waals surface area contributed by atoms with E-state index in [-0.39, 0.29) is 10.6 Å². The maximum absolute atomic E-state index is 11.6. The highest BCUT2D eigenvalue weighted by atomic mass is 32.2. The lowest BCUT2D eigenvalue weighted by atomic mass is 10.0. The highest BCUT2D eigenvalue weighted by Crippen LogP contribution is 2.34. The number of carbonyl (C=O) groups excluding carboxylic acids is 1. The lowest BCUT2D eigenvalue weighted by Crippen LogP contribution is -2.13. The van der Waals surface area contributed by atoms with Gasteiger partial charge in [0.25, 0.3) is 5.91 Å². The predicted octanol–water partition coefficient (Wildman–Crippen LogP) is 0.618. The van der Waals surface area contributed by atoms with Gasteiger partial charge in [-0.15, -0.1) is 0 Å². The van der Waals surface area contributed by atoms with Crippen LogP contribution in [0.25, 0.3) is 10.8 Å². The van der Waals surface area contributed by atoms with Crippen LogP contribution in [-0.2, 0) is 14.8 Å². The minimum absolute atomic E-state index is 0.0264. The van der Waals surface area contributed by atoms with Gasteiger partial charge in [-0.05, 0) is 12.1 Å². The van der Waals surface area contributed by atoms with Gasteiger partial charge < -0.3 is 10.5 Å². The molecule has 102 valence electrons. The molecular formula is C12H9N3O4S. The minimum Gasteiger partial charge on any atom is -0.410 e. The van der Waals surface area contributed by atoms with Crippen LogP contribution in [0.3, 0.4) is 0 Å². The van der Waals surface area contributed by atoms with Crippen molar-refractivity contribution in [2.75, 3.05) is 5.32 Å². The first-order chi connectivity index (χ1) is 9.43. The maximum atomic E-state index is 11.6. The molecule has 3 rings (SSSR count). The van der Waals surface area contributed by atoms with E-state index >= 15 is 0 Å². The van der Waals surface area contributed by atoms with Gasteiger partial charge in [0.05, 0.1) is 10.6 Å². The van der Waals surface area contributed by atoms with Crippen LogP contribution in [0.4, 0.5) is 5.69 Å². The quantitative estimate of drug-likeness (QED) is 0.526. The Morgan fingerprint density at radius 1 is 1.15 bits per heavy atom. The number of oxime groups is 1. The summed E-state index contributed by atoms with van der Waals surface area (Å²) < 4.78 is 23.1. The summed E-state index contributed by atoms with van der Waals surface area (Å²) in [6.45, 7) is 0. The lowest BCUT2D eigenvalue weighted by molar-refractivity contribution is -0.110. The second-order valence-corrected chi connectivity index (χ2v) is 5.82. The van der Waals surface area contributed by atoms with Crippen molar-refractivity contribution in [2.45, 2.75) is 4.90 Å². The fourth-order valence-corrected chi connectivity index (χ4v) is 3.06. The third-order valence-electron chi connectivity index (χ3n) is 3.14. The monoisotopic (exact) mass is 291 g/mol. The van der Waals surface area contributed by atoms with E-state index in [0.717, 1.165) is 0 Å². The number of amides is 1. The van der Waals surface area contributed by atoms with Crippen molar-refractivity contribution in [2.24, 2.45) is 10.3 Å². The first-order valence-corrected chi connectivity index (χ1v) is 7.10. The second kappa shape index (κ2) is 4.02. The van der Waals surface area contributed by atoms with Gasteiger partial charge in [0.15, 0.2) is 5.71 Å². The molecule has 4 N–H and O–H groups in total. The molecule has 0 saturated carbocycles. The van der Waals surface area contributed by atoms with Crippen LogP contribution in [0.15, 0.2) is 40.4 Å². The Morgan fingerprint density at radius 2 is 1.90 bits per heavy atom. The zero-order valence-corrected chi connectivity index (χ0v) is 10.8. The summed E-state index contributed by atoms with van der Waals surface area (Å²) in [5, 5.41) is 20.4. The second-order valence-electron chi connectivity index (χ2n) is 4.29. The van der Waals surface area contributed by atoms with Gasteiger partial charge in [-0.25, -0.2) is 13.6 Å². The summed E-state index contributed by atoms with van der Waals surface area (Å²) in [6.07, 6.45) is 0. The number of hydrogen-bond acceptors (Lipinski definition) is 5. The van der Waals surface area contributed by atoms with Crippen molar-refractivity contribution in [3.63, 3.8) is 0 Å². The average Bonchev–Trinajstić information content (AvgIpc) is 2.72. The van der Waals surface area contributed by atoms with E-state index in [4.69, 9.17) is 10.3 Å². The van der Waals surface area contributed by atoms with Gasteiger partial charge >= 0.3 is 0 Å². The van der Waals surface area contributed by atoms with Gasteiger partial charge in [0, 0.05) is 16.3 Å². The number of sulfonamides is 1. The van der Waals surface area contributed by atoms with E-state index < -0.39 is 15.9 Å². The smallest absolute Gasteiger partial charge is 0.278 e. The Labute approximate surface area is 113 Å². The molecule has 0 aromatic heterocycles. The zero-order chi connectivity index (χ0) is 14.5. The van der Waals surface area contributed by atoms with Crippen LogP contribution in [0, 0.1) is 0 Å². The number of anilines is 1. The van der Waals surface area contributed by atoms with Crippen molar-refractivity contribution in [3.05, 3.63) is 35.9 Å². The number of hydrogen-bond donors (Lipinski definition) is 3. The van der Waals surface area contributed by atoms with Crippen LogP contribution < -0.4 is 10.5 Å². The molecule has 2 aromatic rings. The number of carbonyl (C=O) groups is 1. The largest absolute Gasteiger partial charge is 0.410 e. The molecule has 0 fully saturated rings. The molecule has 2 aromatic carbocycles. The van der Waals surface area contributed by atoms with Crippen molar-refractivity contribution in [1.29, 1.82) is 0 Å². The Morgan fingerprint density at radius 3 is 2.55 bits per heavy atom. The molecule has 1 aliphatic rings. The summed E-state index contributed by atoms with van der Waals surface area (Å²) in [7, 11) is -3.87. The third kappa shape index (κ3) is 1.66. The summed E-state index contributed by atoms with van der Waals surface area (Å²) in [4.78, 5) is 11.6. The number of fused-ring (bicyclic) bond motifs is 3. The molecule has 0 unspecified atom stereocenters. The first-order valence-electron chi connectivity index (χ1n) is 5.56. The highest BCUT2D eigenvalue weighted by Gasteiger charge is 2.29. The highest BCUT2D eigenvalue weighted by molar-refractivity contribution is 7.89. The van der Waals surface area contributed by atoms with E-state index in [1.165, 1.54) is 24.3 Å². The SMILES string of the molecule is NS(=O)(=O)c1cccc2c3c(ccc12)/C(=N/O)C(=O)N3. The van der Waals surface area contributed by atoms with Crippen molar-refractivity contribution >= 4 is 38.1 Å². The maximum Gasteiger partial charge on any atom is 0.278 e. The third-order valence-corrected chi connectivity index (χ3v) is 4.11. The number of rotatable bonds is 1. The zero-order valence-electron chi connectivity index (χ0n) is 9.99. The Kier molecular flexibility index (Phi) is 2.53. The van der Waals surface area contributed by atoms with E-state index in [0.29, 0.717) is 22.0 Å². The first kappa shape index (κ1) is 12.6. The van der Waals surface area contributed by atoms with Crippen molar-refractivity contribution in [1.82, 2.24) is 0 Å². The van der Waals surface area contributed by atoms with Gasteiger partial charge in [-0.1, -0.05) is 23.4 Å². The molecular weight excluding hydrogens is 282 g/mol. The summed E-state index contributed by atoms with van der Waals surface area (Å²) >= 11 is 0.